The van der Waals surface area contributed by atoms with Gasteiger partial charge in [-0.15, -0.1) is 0 Å². The molecule has 1 aliphatic heterocycles. The lowest BCUT2D eigenvalue weighted by Gasteiger charge is -2.17. The molecule has 1 aromatic carbocycles. The SMILES string of the molecule is CN(CCC1(C)N=N1)Cc1ccccc1. The Morgan fingerprint density at radius 1 is 1.20 bits per heavy atom. The number of hydrogen-bond acceptors (Lipinski definition) is 3. The maximum absolute atomic E-state index is 4.01. The highest BCUT2D eigenvalue weighted by atomic mass is 15.4. The zero-order chi connectivity index (χ0) is 10.7. The third kappa shape index (κ3) is 3.13. The highest BCUT2D eigenvalue weighted by Gasteiger charge is 2.33. The van der Waals surface area contributed by atoms with Crippen LogP contribution in [0.1, 0.15) is 18.9 Å². The van der Waals surface area contributed by atoms with Gasteiger partial charge < -0.3 is 4.90 Å². The van der Waals surface area contributed by atoms with Gasteiger partial charge in [-0.05, 0) is 19.5 Å². The number of rotatable bonds is 5. The summed E-state index contributed by atoms with van der Waals surface area (Å²) in [5.74, 6) is 0. The summed E-state index contributed by atoms with van der Waals surface area (Å²) in [5.41, 5.74) is 1.29. The van der Waals surface area contributed by atoms with Crippen LogP contribution in [-0.4, -0.2) is 24.2 Å². The van der Waals surface area contributed by atoms with Gasteiger partial charge in [0.15, 0.2) is 5.66 Å². The van der Waals surface area contributed by atoms with Crippen LogP contribution in [0.15, 0.2) is 40.6 Å². The Balaban J connectivity index is 1.75. The predicted molar refractivity (Wildman–Crippen MR) is 60.7 cm³/mol. The molecule has 0 atom stereocenters. The van der Waals surface area contributed by atoms with Crippen LogP contribution in [-0.2, 0) is 6.54 Å². The fourth-order valence-electron chi connectivity index (χ4n) is 1.56. The van der Waals surface area contributed by atoms with Crippen molar-refractivity contribution in [3.8, 4) is 0 Å². The van der Waals surface area contributed by atoms with Gasteiger partial charge in [0.2, 0.25) is 0 Å². The van der Waals surface area contributed by atoms with E-state index in [4.69, 9.17) is 0 Å². The second-order valence-corrected chi connectivity index (χ2v) is 4.39. The molecule has 0 aliphatic carbocycles. The average molecular weight is 203 g/mol. The lowest BCUT2D eigenvalue weighted by atomic mass is 10.1. The standard InChI is InChI=1S/C12H17N3/c1-12(13-14-12)8-9-15(2)10-11-6-4-3-5-7-11/h3-7H,8-10H2,1-2H3. The Morgan fingerprint density at radius 2 is 1.87 bits per heavy atom. The molecule has 0 fully saturated rings. The molecule has 2 rings (SSSR count). The lowest BCUT2D eigenvalue weighted by molar-refractivity contribution is 0.306. The Morgan fingerprint density at radius 3 is 2.47 bits per heavy atom. The number of nitrogens with zero attached hydrogens (tertiary/aromatic N) is 3. The van der Waals surface area contributed by atoms with Crippen LogP contribution in [0.3, 0.4) is 0 Å². The Kier molecular flexibility index (Phi) is 2.82. The van der Waals surface area contributed by atoms with Gasteiger partial charge in [0.25, 0.3) is 0 Å². The molecule has 15 heavy (non-hydrogen) atoms. The lowest BCUT2D eigenvalue weighted by Crippen LogP contribution is -2.23. The molecule has 0 saturated carbocycles. The van der Waals surface area contributed by atoms with Crippen LogP contribution in [0.25, 0.3) is 0 Å². The Bertz CT molecular complexity index is 339. The molecule has 0 amide bonds. The van der Waals surface area contributed by atoms with Gasteiger partial charge in [-0.25, -0.2) is 0 Å². The first-order valence-electron chi connectivity index (χ1n) is 5.34. The summed E-state index contributed by atoms with van der Waals surface area (Å²) in [5, 5.41) is 8.02. The van der Waals surface area contributed by atoms with Crippen molar-refractivity contribution in [2.24, 2.45) is 10.2 Å². The van der Waals surface area contributed by atoms with E-state index in [0.717, 1.165) is 19.5 Å². The van der Waals surface area contributed by atoms with Crippen molar-refractivity contribution in [3.63, 3.8) is 0 Å². The zero-order valence-corrected chi connectivity index (χ0v) is 9.35. The summed E-state index contributed by atoms with van der Waals surface area (Å²) < 4.78 is 0. The Labute approximate surface area is 90.8 Å². The first kappa shape index (κ1) is 10.3. The van der Waals surface area contributed by atoms with Crippen molar-refractivity contribution in [1.82, 2.24) is 4.90 Å². The summed E-state index contributed by atoms with van der Waals surface area (Å²) in [6.45, 7) is 4.11. The van der Waals surface area contributed by atoms with E-state index in [1.165, 1.54) is 5.56 Å². The molecule has 0 radical (unpaired) electrons. The maximum Gasteiger partial charge on any atom is 0.189 e. The van der Waals surface area contributed by atoms with E-state index in [-0.39, 0.29) is 5.66 Å². The van der Waals surface area contributed by atoms with Crippen LogP contribution >= 0.6 is 0 Å². The van der Waals surface area contributed by atoms with Crippen molar-refractivity contribution >= 4 is 0 Å². The third-order valence-corrected chi connectivity index (χ3v) is 2.70. The van der Waals surface area contributed by atoms with Crippen molar-refractivity contribution in [1.29, 1.82) is 0 Å². The molecule has 3 nitrogen and oxygen atoms in total. The van der Waals surface area contributed by atoms with Gasteiger partial charge in [0.05, 0.1) is 0 Å². The van der Waals surface area contributed by atoms with Crippen LogP contribution in [0.4, 0.5) is 0 Å². The first-order valence-corrected chi connectivity index (χ1v) is 5.34. The molecule has 1 heterocycles. The molecule has 3 heteroatoms. The normalized spacial score (nSPS) is 17.0. The second kappa shape index (κ2) is 4.11. The van der Waals surface area contributed by atoms with Crippen molar-refractivity contribution in [3.05, 3.63) is 35.9 Å². The summed E-state index contributed by atoms with van der Waals surface area (Å²) in [6, 6.07) is 10.5. The fraction of sp³-hybridized carbons (Fsp3) is 0.500. The summed E-state index contributed by atoms with van der Waals surface area (Å²) in [7, 11) is 2.14. The van der Waals surface area contributed by atoms with E-state index >= 15 is 0 Å². The quantitative estimate of drug-likeness (QED) is 0.723. The van der Waals surface area contributed by atoms with Crippen LogP contribution in [0.2, 0.25) is 0 Å². The fourth-order valence-corrected chi connectivity index (χ4v) is 1.56. The van der Waals surface area contributed by atoms with E-state index in [1.54, 1.807) is 0 Å². The monoisotopic (exact) mass is 203 g/mol. The largest absolute Gasteiger partial charge is 0.302 e. The molecule has 0 spiro atoms. The van der Waals surface area contributed by atoms with Gasteiger partial charge >= 0.3 is 0 Å². The van der Waals surface area contributed by atoms with Gasteiger partial charge in [-0.2, -0.15) is 10.2 Å². The van der Waals surface area contributed by atoms with E-state index in [1.807, 2.05) is 6.07 Å². The van der Waals surface area contributed by atoms with Gasteiger partial charge in [0.1, 0.15) is 0 Å². The molecule has 80 valence electrons. The van der Waals surface area contributed by atoms with E-state index in [0.29, 0.717) is 0 Å². The van der Waals surface area contributed by atoms with Crippen LogP contribution in [0, 0.1) is 0 Å². The van der Waals surface area contributed by atoms with Gasteiger partial charge in [-0.3, -0.25) is 0 Å². The molecule has 0 N–H and O–H groups in total. The van der Waals surface area contributed by atoms with E-state index in [2.05, 4.69) is 53.4 Å². The molecule has 1 aromatic rings. The second-order valence-electron chi connectivity index (χ2n) is 4.39. The highest BCUT2D eigenvalue weighted by molar-refractivity contribution is 5.14. The topological polar surface area (TPSA) is 28.0 Å². The smallest absolute Gasteiger partial charge is 0.189 e. The molecular formula is C12H17N3. The third-order valence-electron chi connectivity index (χ3n) is 2.70. The predicted octanol–water partition coefficient (Wildman–Crippen LogP) is 2.69. The minimum absolute atomic E-state index is 0.0645. The molecule has 1 aliphatic rings. The van der Waals surface area contributed by atoms with Crippen molar-refractivity contribution in [2.45, 2.75) is 25.6 Å². The number of hydrogen-bond donors (Lipinski definition) is 0. The molecule has 0 unspecified atom stereocenters. The van der Waals surface area contributed by atoms with Crippen molar-refractivity contribution in [2.75, 3.05) is 13.6 Å². The van der Waals surface area contributed by atoms with E-state index < -0.39 is 0 Å². The molecular weight excluding hydrogens is 186 g/mol. The Hall–Kier alpha value is -1.22. The minimum atomic E-state index is -0.0645. The molecule has 0 bridgehead atoms. The first-order chi connectivity index (χ1) is 7.18. The highest BCUT2D eigenvalue weighted by Crippen LogP contribution is 2.30. The summed E-state index contributed by atoms with van der Waals surface area (Å²) in [4.78, 5) is 2.31. The van der Waals surface area contributed by atoms with Gasteiger partial charge in [-0.1, -0.05) is 30.3 Å². The van der Waals surface area contributed by atoms with E-state index in [9.17, 15) is 0 Å². The van der Waals surface area contributed by atoms with Crippen molar-refractivity contribution < 1.29 is 0 Å². The van der Waals surface area contributed by atoms with Crippen LogP contribution in [0.5, 0.6) is 0 Å². The average Bonchev–Trinajstić information content (AvgIpc) is 2.96. The summed E-state index contributed by atoms with van der Waals surface area (Å²) in [6.07, 6.45) is 1.02. The molecule has 0 aromatic heterocycles. The summed E-state index contributed by atoms with van der Waals surface area (Å²) >= 11 is 0. The molecule has 0 saturated heterocycles. The van der Waals surface area contributed by atoms with Gasteiger partial charge in [0, 0.05) is 19.5 Å². The maximum atomic E-state index is 4.01. The minimum Gasteiger partial charge on any atom is -0.302 e. The zero-order valence-electron chi connectivity index (χ0n) is 9.35. The number of benzene rings is 1. The van der Waals surface area contributed by atoms with Crippen LogP contribution < -0.4 is 0 Å².